The summed E-state index contributed by atoms with van der Waals surface area (Å²) in [5.74, 6) is 1.13. The zero-order valence-corrected chi connectivity index (χ0v) is 16.5. The van der Waals surface area contributed by atoms with Gasteiger partial charge >= 0.3 is 0 Å². The standard InChI is InChI=1S/C20H26ClN5O/c1-14-11-19(24-20(22)23-14)26-9-4-10-27-13-18(26)16-12-15(5-6-17(16)21)25-7-2-3-8-25/h5-6,11-12,18H,2-4,7-10,13H2,1H3,(H2,22,23,24)/t18-/m1/s1. The number of hydrogen-bond acceptors (Lipinski definition) is 6. The fraction of sp³-hybridized carbons (Fsp3) is 0.500. The molecule has 144 valence electrons. The van der Waals surface area contributed by atoms with E-state index in [1.54, 1.807) is 0 Å². The molecule has 0 bridgehead atoms. The molecule has 7 heteroatoms. The molecule has 0 unspecified atom stereocenters. The highest BCUT2D eigenvalue weighted by molar-refractivity contribution is 6.31. The van der Waals surface area contributed by atoms with Crippen LogP contribution in [0.15, 0.2) is 24.3 Å². The smallest absolute Gasteiger partial charge is 0.222 e. The van der Waals surface area contributed by atoms with Gasteiger partial charge in [-0.15, -0.1) is 0 Å². The fourth-order valence-electron chi connectivity index (χ4n) is 3.99. The third-order valence-corrected chi connectivity index (χ3v) is 5.65. The lowest BCUT2D eigenvalue weighted by molar-refractivity contribution is 0.134. The van der Waals surface area contributed by atoms with Crippen molar-refractivity contribution >= 4 is 29.1 Å². The molecule has 0 radical (unpaired) electrons. The summed E-state index contributed by atoms with van der Waals surface area (Å²) in [6.07, 6.45) is 3.43. The zero-order chi connectivity index (χ0) is 18.8. The minimum Gasteiger partial charge on any atom is -0.379 e. The van der Waals surface area contributed by atoms with Gasteiger partial charge in [-0.2, -0.15) is 4.98 Å². The van der Waals surface area contributed by atoms with Crippen LogP contribution in [-0.4, -0.2) is 42.8 Å². The SMILES string of the molecule is Cc1cc(N2CCCOC[C@@H]2c2cc(N3CCCC3)ccc2Cl)nc(N)n1. The van der Waals surface area contributed by atoms with E-state index in [1.807, 2.05) is 19.1 Å². The van der Waals surface area contributed by atoms with E-state index in [0.29, 0.717) is 12.6 Å². The molecular weight excluding hydrogens is 362 g/mol. The summed E-state index contributed by atoms with van der Waals surface area (Å²) in [5, 5.41) is 0.761. The summed E-state index contributed by atoms with van der Waals surface area (Å²) >= 11 is 6.65. The van der Waals surface area contributed by atoms with Gasteiger partial charge in [0.15, 0.2) is 0 Å². The first-order chi connectivity index (χ1) is 13.1. The minimum atomic E-state index is -0.00347. The summed E-state index contributed by atoms with van der Waals surface area (Å²) < 4.78 is 5.91. The first-order valence-electron chi connectivity index (χ1n) is 9.62. The Morgan fingerprint density at radius 2 is 1.93 bits per heavy atom. The lowest BCUT2D eigenvalue weighted by Crippen LogP contribution is -2.32. The van der Waals surface area contributed by atoms with Gasteiger partial charge < -0.3 is 20.3 Å². The number of nitrogens with zero attached hydrogens (tertiary/aromatic N) is 4. The molecule has 1 atom stereocenters. The van der Waals surface area contributed by atoms with Crippen molar-refractivity contribution in [3.63, 3.8) is 0 Å². The first-order valence-corrected chi connectivity index (χ1v) is 9.99. The third-order valence-electron chi connectivity index (χ3n) is 5.30. The molecule has 2 N–H and O–H groups in total. The molecule has 0 spiro atoms. The fourth-order valence-corrected chi connectivity index (χ4v) is 4.23. The Hall–Kier alpha value is -2.05. The number of hydrogen-bond donors (Lipinski definition) is 1. The van der Waals surface area contributed by atoms with Gasteiger partial charge in [0.2, 0.25) is 5.95 Å². The summed E-state index contributed by atoms with van der Waals surface area (Å²) in [4.78, 5) is 13.4. The molecular formula is C20H26ClN5O. The van der Waals surface area contributed by atoms with Gasteiger partial charge in [0, 0.05) is 48.7 Å². The van der Waals surface area contributed by atoms with E-state index >= 15 is 0 Å². The Labute approximate surface area is 165 Å². The summed E-state index contributed by atoms with van der Waals surface area (Å²) in [6.45, 7) is 6.29. The average molecular weight is 388 g/mol. The van der Waals surface area contributed by atoms with Crippen LogP contribution in [0.1, 0.15) is 36.6 Å². The van der Waals surface area contributed by atoms with Gasteiger partial charge in [-0.1, -0.05) is 11.6 Å². The van der Waals surface area contributed by atoms with Crippen molar-refractivity contribution < 1.29 is 4.74 Å². The molecule has 0 aliphatic carbocycles. The van der Waals surface area contributed by atoms with Gasteiger partial charge in [-0.3, -0.25) is 0 Å². The number of nitrogen functional groups attached to an aromatic ring is 1. The van der Waals surface area contributed by atoms with E-state index in [2.05, 4.69) is 31.9 Å². The van der Waals surface area contributed by atoms with Gasteiger partial charge in [-0.05, 0) is 49.9 Å². The number of ether oxygens (including phenoxy) is 1. The second-order valence-electron chi connectivity index (χ2n) is 7.26. The maximum Gasteiger partial charge on any atom is 0.222 e. The number of aromatic nitrogens is 2. The number of nitrogens with two attached hydrogens (primary N) is 1. The summed E-state index contributed by atoms with van der Waals surface area (Å²) in [5.41, 5.74) is 9.09. The Kier molecular flexibility index (Phi) is 5.36. The average Bonchev–Trinajstić information content (AvgIpc) is 3.06. The predicted molar refractivity (Wildman–Crippen MR) is 110 cm³/mol. The largest absolute Gasteiger partial charge is 0.379 e. The summed E-state index contributed by atoms with van der Waals surface area (Å²) in [7, 11) is 0. The number of benzene rings is 1. The van der Waals surface area contributed by atoms with E-state index in [-0.39, 0.29) is 6.04 Å². The molecule has 4 rings (SSSR count). The van der Waals surface area contributed by atoms with Crippen molar-refractivity contribution in [1.29, 1.82) is 0 Å². The monoisotopic (exact) mass is 387 g/mol. The molecule has 2 saturated heterocycles. The van der Waals surface area contributed by atoms with E-state index in [0.717, 1.165) is 54.8 Å². The van der Waals surface area contributed by atoms with Crippen LogP contribution in [-0.2, 0) is 4.74 Å². The topological polar surface area (TPSA) is 67.5 Å². The van der Waals surface area contributed by atoms with Gasteiger partial charge in [0.05, 0.1) is 12.6 Å². The molecule has 1 aromatic carbocycles. The summed E-state index contributed by atoms with van der Waals surface area (Å²) in [6, 6.07) is 8.32. The van der Waals surface area contributed by atoms with E-state index in [4.69, 9.17) is 22.1 Å². The van der Waals surface area contributed by atoms with Crippen molar-refractivity contribution in [3.05, 3.63) is 40.5 Å². The molecule has 0 saturated carbocycles. The Balaban J connectivity index is 1.73. The third kappa shape index (κ3) is 3.96. The van der Waals surface area contributed by atoms with Crippen LogP contribution in [0.25, 0.3) is 0 Å². The van der Waals surface area contributed by atoms with Gasteiger partial charge in [0.1, 0.15) is 5.82 Å². The van der Waals surface area contributed by atoms with Crippen LogP contribution in [0.5, 0.6) is 0 Å². The molecule has 2 aliphatic heterocycles. The number of anilines is 3. The van der Waals surface area contributed by atoms with Gasteiger partial charge in [0.25, 0.3) is 0 Å². The molecule has 1 aromatic heterocycles. The van der Waals surface area contributed by atoms with Crippen molar-refractivity contribution in [3.8, 4) is 0 Å². The molecule has 2 aliphatic rings. The normalized spacial score (nSPS) is 20.7. The highest BCUT2D eigenvalue weighted by atomic mass is 35.5. The molecule has 0 amide bonds. The highest BCUT2D eigenvalue weighted by Crippen LogP contribution is 2.36. The lowest BCUT2D eigenvalue weighted by atomic mass is 10.0. The van der Waals surface area contributed by atoms with Crippen molar-refractivity contribution in [2.75, 3.05) is 48.4 Å². The Morgan fingerprint density at radius 1 is 1.11 bits per heavy atom. The number of rotatable bonds is 3. The van der Waals surface area contributed by atoms with Crippen LogP contribution >= 0.6 is 11.6 Å². The molecule has 27 heavy (non-hydrogen) atoms. The van der Waals surface area contributed by atoms with Crippen LogP contribution in [0.2, 0.25) is 5.02 Å². The van der Waals surface area contributed by atoms with E-state index < -0.39 is 0 Å². The van der Waals surface area contributed by atoms with E-state index in [1.165, 1.54) is 18.5 Å². The number of aryl methyl sites for hydroxylation is 1. The van der Waals surface area contributed by atoms with E-state index in [9.17, 15) is 0 Å². The molecule has 2 aromatic rings. The lowest BCUT2D eigenvalue weighted by Gasteiger charge is -2.32. The second-order valence-corrected chi connectivity index (χ2v) is 7.67. The quantitative estimate of drug-likeness (QED) is 0.868. The van der Waals surface area contributed by atoms with Crippen LogP contribution < -0.4 is 15.5 Å². The predicted octanol–water partition coefficient (Wildman–Crippen LogP) is 3.59. The van der Waals surface area contributed by atoms with Crippen LogP contribution in [0.4, 0.5) is 17.5 Å². The maximum absolute atomic E-state index is 6.65. The first kappa shape index (κ1) is 18.3. The number of halogens is 1. The van der Waals surface area contributed by atoms with Crippen LogP contribution in [0.3, 0.4) is 0 Å². The van der Waals surface area contributed by atoms with Gasteiger partial charge in [-0.25, -0.2) is 4.98 Å². The van der Waals surface area contributed by atoms with Crippen molar-refractivity contribution in [2.24, 2.45) is 0 Å². The minimum absolute atomic E-state index is 0.00347. The molecule has 2 fully saturated rings. The zero-order valence-electron chi connectivity index (χ0n) is 15.7. The van der Waals surface area contributed by atoms with Crippen LogP contribution in [0, 0.1) is 6.92 Å². The Morgan fingerprint density at radius 3 is 2.70 bits per heavy atom. The molecule has 6 nitrogen and oxygen atoms in total. The molecule has 3 heterocycles. The highest BCUT2D eigenvalue weighted by Gasteiger charge is 2.28. The Bertz CT molecular complexity index is 789. The van der Waals surface area contributed by atoms with Crippen molar-refractivity contribution in [1.82, 2.24) is 9.97 Å². The second kappa shape index (κ2) is 7.90. The van der Waals surface area contributed by atoms with Crippen molar-refractivity contribution in [2.45, 2.75) is 32.2 Å². The maximum atomic E-state index is 6.65.